The minimum absolute atomic E-state index is 0.180. The topological polar surface area (TPSA) is 72.8 Å². The normalized spacial score (nSPS) is 42.0. The Bertz CT molecular complexity index is 904. The molecule has 1 saturated heterocycles. The summed E-state index contributed by atoms with van der Waals surface area (Å²) in [5, 5.41) is 10.9. The van der Waals surface area contributed by atoms with E-state index in [2.05, 4.69) is 40.7 Å². The lowest BCUT2D eigenvalue weighted by atomic mass is 9.45. The Morgan fingerprint density at radius 2 is 1.70 bits per heavy atom. The van der Waals surface area contributed by atoms with Crippen molar-refractivity contribution < 1.29 is 24.2 Å². The number of aliphatic hydroxyl groups excluding tert-OH is 1. The molecular formula is C32H50O5. The van der Waals surface area contributed by atoms with Crippen LogP contribution in [0.1, 0.15) is 118 Å². The number of hydrogen-bond acceptors (Lipinski definition) is 5. The standard InChI is InChI=1S/C32H50O5/c1-20(2)8-6-9-21(3)25-14-15-26-24-13-12-22-18-23(33)19-32(36-28(34)10-7-11-29(35)37-32)31(22,5)27(24)16-17-30(25,26)4/h12,20-21,23-27,33H,6-11,13-19H2,1-5H3/t21-,23+,24+,25-,26+,27+,30-,31+/m1/s1. The molecule has 8 atom stereocenters. The fourth-order valence-electron chi connectivity index (χ4n) is 9.92. The van der Waals surface area contributed by atoms with E-state index in [1.807, 2.05) is 0 Å². The molecule has 5 nitrogen and oxygen atoms in total. The van der Waals surface area contributed by atoms with Crippen molar-refractivity contribution in [2.75, 3.05) is 0 Å². The van der Waals surface area contributed by atoms with E-state index in [1.54, 1.807) is 0 Å². The molecule has 4 aliphatic carbocycles. The molecule has 0 bridgehead atoms. The number of rotatable bonds is 5. The molecule has 5 rings (SSSR count). The smallest absolute Gasteiger partial charge is 0.309 e. The van der Waals surface area contributed by atoms with Crippen molar-refractivity contribution in [2.45, 2.75) is 130 Å². The quantitative estimate of drug-likeness (QED) is 0.317. The van der Waals surface area contributed by atoms with Gasteiger partial charge in [0.2, 0.25) is 0 Å². The van der Waals surface area contributed by atoms with Crippen molar-refractivity contribution in [3.05, 3.63) is 11.6 Å². The van der Waals surface area contributed by atoms with E-state index in [-0.39, 0.29) is 37.1 Å². The van der Waals surface area contributed by atoms with E-state index in [0.717, 1.165) is 36.2 Å². The van der Waals surface area contributed by atoms with Crippen molar-refractivity contribution in [1.29, 1.82) is 0 Å². The minimum atomic E-state index is -1.40. The average Bonchev–Trinajstić information content (AvgIpc) is 3.16. The number of hydrogen-bond donors (Lipinski definition) is 1. The first-order chi connectivity index (χ1) is 17.5. The first-order valence-electron chi connectivity index (χ1n) is 15.3. The molecule has 0 amide bonds. The first kappa shape index (κ1) is 27.2. The van der Waals surface area contributed by atoms with Gasteiger partial charge in [-0.15, -0.1) is 0 Å². The number of ether oxygens (including phenoxy) is 2. The number of carbonyl (C=O) groups is 2. The summed E-state index contributed by atoms with van der Waals surface area (Å²) in [4.78, 5) is 25.7. The number of aliphatic hydroxyl groups is 1. The van der Waals surface area contributed by atoms with Crippen molar-refractivity contribution in [3.63, 3.8) is 0 Å². The van der Waals surface area contributed by atoms with E-state index >= 15 is 0 Å². The number of fused-ring (bicyclic) bond motifs is 6. The number of esters is 2. The van der Waals surface area contributed by atoms with Gasteiger partial charge in [0.1, 0.15) is 0 Å². The SMILES string of the molecule is CC(C)CCC[C@@H](C)[C@H]1CC[C@H]2[C@@H]3CC=C4C[C@H](O)CC5(OC(=O)CCCC(=O)O5)[C@]4(C)[C@H]3CC[C@]12C. The fourth-order valence-corrected chi connectivity index (χ4v) is 9.92. The Hall–Kier alpha value is -1.36. The molecule has 1 N–H and O–H groups in total. The fraction of sp³-hybridized carbons (Fsp3) is 0.875. The van der Waals surface area contributed by atoms with Crippen molar-refractivity contribution in [3.8, 4) is 0 Å². The van der Waals surface area contributed by atoms with Crippen LogP contribution in [0.4, 0.5) is 0 Å². The van der Waals surface area contributed by atoms with E-state index < -0.39 is 17.3 Å². The van der Waals surface area contributed by atoms with E-state index in [4.69, 9.17) is 9.47 Å². The second-order valence-corrected chi connectivity index (χ2v) is 14.2. The third-order valence-corrected chi connectivity index (χ3v) is 11.8. The van der Waals surface area contributed by atoms with Gasteiger partial charge in [0.25, 0.3) is 5.79 Å². The predicted molar refractivity (Wildman–Crippen MR) is 143 cm³/mol. The molecule has 5 aliphatic rings. The monoisotopic (exact) mass is 514 g/mol. The molecule has 0 aromatic carbocycles. The lowest BCUT2D eigenvalue weighted by Crippen LogP contribution is -2.65. The zero-order valence-electron chi connectivity index (χ0n) is 23.9. The largest absolute Gasteiger partial charge is 0.421 e. The summed E-state index contributed by atoms with van der Waals surface area (Å²) in [5.74, 6) is 1.70. The van der Waals surface area contributed by atoms with Gasteiger partial charge in [-0.2, -0.15) is 0 Å². The third-order valence-electron chi connectivity index (χ3n) is 11.8. The van der Waals surface area contributed by atoms with Crippen LogP contribution in [0.25, 0.3) is 0 Å². The maximum atomic E-state index is 12.9. The van der Waals surface area contributed by atoms with Crippen molar-refractivity contribution >= 4 is 11.9 Å². The molecule has 4 fully saturated rings. The van der Waals surface area contributed by atoms with Gasteiger partial charge in [-0.25, -0.2) is 0 Å². The number of allylic oxidation sites excluding steroid dienone is 1. The van der Waals surface area contributed by atoms with Gasteiger partial charge in [-0.3, -0.25) is 9.59 Å². The predicted octanol–water partition coefficient (Wildman–Crippen LogP) is 6.97. The van der Waals surface area contributed by atoms with Crippen molar-refractivity contribution in [1.82, 2.24) is 0 Å². The highest BCUT2D eigenvalue weighted by Gasteiger charge is 2.68. The van der Waals surface area contributed by atoms with Crippen LogP contribution in [0.2, 0.25) is 0 Å². The van der Waals surface area contributed by atoms with Crippen LogP contribution in [0, 0.1) is 46.3 Å². The zero-order valence-corrected chi connectivity index (χ0v) is 23.9. The maximum absolute atomic E-state index is 12.9. The Morgan fingerprint density at radius 1 is 1.00 bits per heavy atom. The van der Waals surface area contributed by atoms with Crippen LogP contribution in [-0.4, -0.2) is 28.9 Å². The molecule has 208 valence electrons. The second kappa shape index (κ2) is 9.99. The third kappa shape index (κ3) is 4.49. The molecule has 1 aliphatic heterocycles. The minimum Gasteiger partial charge on any atom is -0.421 e. The molecule has 1 spiro atoms. The lowest BCUT2D eigenvalue weighted by Gasteiger charge is -2.62. The summed E-state index contributed by atoms with van der Waals surface area (Å²) in [7, 11) is 0. The Balaban J connectivity index is 1.45. The van der Waals surface area contributed by atoms with Crippen LogP contribution < -0.4 is 0 Å². The molecule has 1 heterocycles. The molecule has 0 aromatic heterocycles. The molecule has 5 heteroatoms. The average molecular weight is 515 g/mol. The molecule has 3 saturated carbocycles. The molecule has 0 aromatic rings. The van der Waals surface area contributed by atoms with Gasteiger partial charge in [-0.1, -0.05) is 58.6 Å². The van der Waals surface area contributed by atoms with Gasteiger partial charge in [0, 0.05) is 12.8 Å². The van der Waals surface area contributed by atoms with Gasteiger partial charge in [-0.05, 0) is 92.8 Å². The molecular weight excluding hydrogens is 464 g/mol. The van der Waals surface area contributed by atoms with Crippen LogP contribution in [-0.2, 0) is 19.1 Å². The van der Waals surface area contributed by atoms with Gasteiger partial charge >= 0.3 is 11.9 Å². The van der Waals surface area contributed by atoms with E-state index in [1.165, 1.54) is 38.5 Å². The summed E-state index contributed by atoms with van der Waals surface area (Å²) in [5.41, 5.74) is 0.893. The zero-order chi connectivity index (χ0) is 26.6. The summed E-state index contributed by atoms with van der Waals surface area (Å²) >= 11 is 0. The Kier molecular flexibility index (Phi) is 7.35. The maximum Gasteiger partial charge on any atom is 0.309 e. The van der Waals surface area contributed by atoms with Crippen LogP contribution in [0.5, 0.6) is 0 Å². The summed E-state index contributed by atoms with van der Waals surface area (Å²) < 4.78 is 12.3. The van der Waals surface area contributed by atoms with Gasteiger partial charge in [0.15, 0.2) is 0 Å². The summed E-state index contributed by atoms with van der Waals surface area (Å²) in [6.45, 7) is 11.9. The van der Waals surface area contributed by atoms with E-state index in [0.29, 0.717) is 30.1 Å². The van der Waals surface area contributed by atoms with E-state index in [9.17, 15) is 14.7 Å². The highest BCUT2D eigenvalue weighted by atomic mass is 16.7. The first-order valence-corrected chi connectivity index (χ1v) is 15.3. The lowest BCUT2D eigenvalue weighted by molar-refractivity contribution is -0.301. The second-order valence-electron chi connectivity index (χ2n) is 14.2. The highest BCUT2D eigenvalue weighted by molar-refractivity contribution is 5.75. The van der Waals surface area contributed by atoms with Crippen LogP contribution >= 0.6 is 0 Å². The molecule has 0 unspecified atom stereocenters. The van der Waals surface area contributed by atoms with Crippen LogP contribution in [0.15, 0.2) is 11.6 Å². The molecule has 0 radical (unpaired) electrons. The Labute approximate surface area is 224 Å². The van der Waals surface area contributed by atoms with Gasteiger partial charge < -0.3 is 14.6 Å². The highest BCUT2D eigenvalue weighted by Crippen LogP contribution is 2.69. The molecule has 37 heavy (non-hydrogen) atoms. The Morgan fingerprint density at radius 3 is 2.38 bits per heavy atom. The number of carbonyl (C=O) groups excluding carboxylic acids is 2. The van der Waals surface area contributed by atoms with Crippen LogP contribution in [0.3, 0.4) is 0 Å². The van der Waals surface area contributed by atoms with Crippen molar-refractivity contribution in [2.24, 2.45) is 46.3 Å². The summed E-state index contributed by atoms with van der Waals surface area (Å²) in [6.07, 6.45) is 13.2. The summed E-state index contributed by atoms with van der Waals surface area (Å²) in [6, 6.07) is 0. The van der Waals surface area contributed by atoms with Gasteiger partial charge in [0.05, 0.1) is 17.9 Å².